The molecule has 0 saturated carbocycles. The van der Waals surface area contributed by atoms with Crippen molar-refractivity contribution in [3.8, 4) is 5.75 Å². The van der Waals surface area contributed by atoms with Crippen molar-refractivity contribution in [3.05, 3.63) is 60.4 Å². The topological polar surface area (TPSA) is 67.5 Å². The molecule has 1 heterocycles. The van der Waals surface area contributed by atoms with Gasteiger partial charge in [-0.05, 0) is 30.3 Å². The van der Waals surface area contributed by atoms with Crippen molar-refractivity contribution in [2.75, 3.05) is 64.8 Å². The lowest BCUT2D eigenvalue weighted by Gasteiger charge is -2.32. The largest absolute Gasteiger partial charge is 0.488 e. The van der Waals surface area contributed by atoms with E-state index < -0.39 is 5.82 Å². The molecule has 3 rings (SSSR count). The van der Waals surface area contributed by atoms with Crippen LogP contribution in [0, 0.1) is 5.82 Å². The Kier molecular flexibility index (Phi) is 8.37. The van der Waals surface area contributed by atoms with Crippen LogP contribution in [0.15, 0.2) is 54.6 Å². The Labute approximate surface area is 182 Å². The average molecular weight is 431 g/mol. The summed E-state index contributed by atoms with van der Waals surface area (Å²) in [5.41, 5.74) is 0.416. The number of rotatable bonds is 9. The lowest BCUT2D eigenvalue weighted by molar-refractivity contribution is -0.904. The number of benzene rings is 2. The van der Waals surface area contributed by atoms with Gasteiger partial charge in [-0.15, -0.1) is 0 Å². The third-order valence-corrected chi connectivity index (χ3v) is 5.31. The van der Waals surface area contributed by atoms with Crippen molar-refractivity contribution in [2.24, 2.45) is 0 Å². The van der Waals surface area contributed by atoms with Crippen LogP contribution in [-0.2, 0) is 9.59 Å². The predicted molar refractivity (Wildman–Crippen MR) is 116 cm³/mol. The Morgan fingerprint density at radius 3 is 2.55 bits per heavy atom. The van der Waals surface area contributed by atoms with Gasteiger partial charge in [0.05, 0.1) is 33.2 Å². The molecule has 166 valence electrons. The molecule has 1 atom stereocenters. The maximum atomic E-state index is 13.2. The molecule has 7 nitrogen and oxygen atoms in total. The first-order valence-corrected chi connectivity index (χ1v) is 10.7. The van der Waals surface area contributed by atoms with Crippen LogP contribution < -0.4 is 19.9 Å². The van der Waals surface area contributed by atoms with Crippen LogP contribution in [0.3, 0.4) is 0 Å². The van der Waals surface area contributed by atoms with Crippen LogP contribution in [0.5, 0.6) is 5.75 Å². The number of ether oxygens (including phenoxy) is 1. The van der Waals surface area contributed by atoms with Crippen LogP contribution in [0.2, 0.25) is 0 Å². The van der Waals surface area contributed by atoms with Crippen LogP contribution in [0.4, 0.5) is 10.1 Å². The molecule has 2 aromatic rings. The van der Waals surface area contributed by atoms with Crippen molar-refractivity contribution in [2.45, 2.75) is 0 Å². The molecule has 2 aromatic carbocycles. The number of piperazine rings is 1. The Morgan fingerprint density at radius 2 is 1.84 bits per heavy atom. The number of nitrogens with zero attached hydrogens (tertiary/aromatic N) is 1. The summed E-state index contributed by atoms with van der Waals surface area (Å²) in [5, 5.41) is 2.66. The normalized spacial score (nSPS) is 15.4. The molecule has 0 spiro atoms. The van der Waals surface area contributed by atoms with E-state index in [9.17, 15) is 14.0 Å². The van der Waals surface area contributed by atoms with Gasteiger partial charge in [-0.2, -0.15) is 0 Å². The molecule has 0 bridgehead atoms. The first-order chi connectivity index (χ1) is 15.0. The predicted octanol–water partition coefficient (Wildman–Crippen LogP) is -0.915. The summed E-state index contributed by atoms with van der Waals surface area (Å²) in [6.07, 6.45) is 0. The zero-order chi connectivity index (χ0) is 22.1. The fourth-order valence-electron chi connectivity index (χ4n) is 3.63. The Hall–Kier alpha value is -2.97. The molecule has 0 aliphatic carbocycles. The van der Waals surface area contributed by atoms with Gasteiger partial charge in [-0.1, -0.05) is 24.3 Å². The van der Waals surface area contributed by atoms with E-state index in [1.807, 2.05) is 42.3 Å². The van der Waals surface area contributed by atoms with Crippen LogP contribution in [0.25, 0.3) is 0 Å². The van der Waals surface area contributed by atoms with E-state index in [0.717, 1.165) is 30.3 Å². The van der Waals surface area contributed by atoms with Crippen molar-refractivity contribution >= 4 is 17.5 Å². The number of quaternary nitrogens is 2. The molecular formula is C23H31FN4O3+2. The molecule has 2 amide bonds. The highest BCUT2D eigenvalue weighted by Gasteiger charge is 2.26. The number of hydrogen-bond acceptors (Lipinski definition) is 3. The van der Waals surface area contributed by atoms with E-state index in [-0.39, 0.29) is 24.9 Å². The van der Waals surface area contributed by atoms with E-state index >= 15 is 0 Å². The summed E-state index contributed by atoms with van der Waals surface area (Å²) in [4.78, 5) is 28.8. The second kappa shape index (κ2) is 11.4. The van der Waals surface area contributed by atoms with E-state index in [0.29, 0.717) is 25.4 Å². The van der Waals surface area contributed by atoms with Crippen molar-refractivity contribution in [1.82, 2.24) is 4.90 Å². The Bertz CT molecular complexity index is 857. The zero-order valence-electron chi connectivity index (χ0n) is 17.9. The van der Waals surface area contributed by atoms with Gasteiger partial charge in [-0.25, -0.2) is 4.39 Å². The SMILES string of the molecule is C[NH+](CC(=O)Nc1cccc(F)c1)CC(=O)N1CC[NH+](CCOc2ccccc2)CC1. The van der Waals surface area contributed by atoms with Gasteiger partial charge in [0.2, 0.25) is 0 Å². The number of halogens is 1. The molecule has 1 saturated heterocycles. The lowest BCUT2D eigenvalue weighted by atomic mass is 10.3. The zero-order valence-corrected chi connectivity index (χ0v) is 17.9. The van der Waals surface area contributed by atoms with Gasteiger partial charge < -0.3 is 24.8 Å². The van der Waals surface area contributed by atoms with Crippen LogP contribution in [-0.4, -0.2) is 76.2 Å². The Balaban J connectivity index is 1.33. The van der Waals surface area contributed by atoms with E-state index in [2.05, 4.69) is 5.32 Å². The summed E-state index contributed by atoms with van der Waals surface area (Å²) in [6, 6.07) is 15.5. The standard InChI is InChI=1S/C23H29FN4O3/c1-26(17-22(29)25-20-7-5-6-19(24)16-20)18-23(30)28-12-10-27(11-13-28)14-15-31-21-8-3-2-4-9-21/h2-9,16H,10-15,17-18H2,1H3,(H,25,29)/p+2. The first-order valence-electron chi connectivity index (χ1n) is 10.7. The molecule has 1 unspecified atom stereocenters. The Morgan fingerprint density at radius 1 is 1.10 bits per heavy atom. The minimum atomic E-state index is -0.401. The molecule has 1 aliphatic rings. The maximum Gasteiger partial charge on any atom is 0.279 e. The first kappa shape index (κ1) is 22.7. The van der Waals surface area contributed by atoms with Crippen molar-refractivity contribution in [1.29, 1.82) is 0 Å². The number of anilines is 1. The van der Waals surface area contributed by atoms with E-state index in [1.54, 1.807) is 12.1 Å². The number of para-hydroxylation sites is 1. The lowest BCUT2D eigenvalue weighted by Crippen LogP contribution is -3.15. The monoisotopic (exact) mass is 430 g/mol. The van der Waals surface area contributed by atoms with Crippen LogP contribution in [0.1, 0.15) is 0 Å². The average Bonchev–Trinajstić information content (AvgIpc) is 2.74. The number of likely N-dealkylation sites (N-methyl/N-ethyl adjacent to an activating group) is 1. The highest BCUT2D eigenvalue weighted by Crippen LogP contribution is 2.08. The molecule has 3 N–H and O–H groups in total. The molecule has 1 fully saturated rings. The summed E-state index contributed by atoms with van der Waals surface area (Å²) >= 11 is 0. The van der Waals surface area contributed by atoms with Crippen LogP contribution >= 0.6 is 0 Å². The summed E-state index contributed by atoms with van der Waals surface area (Å²) < 4.78 is 19.0. The fourth-order valence-corrected chi connectivity index (χ4v) is 3.63. The van der Waals surface area contributed by atoms with Gasteiger partial charge in [0.25, 0.3) is 11.8 Å². The van der Waals surface area contributed by atoms with E-state index in [1.165, 1.54) is 17.0 Å². The van der Waals surface area contributed by atoms with Gasteiger partial charge in [-0.3, -0.25) is 9.59 Å². The molecular weight excluding hydrogens is 399 g/mol. The maximum absolute atomic E-state index is 13.2. The highest BCUT2D eigenvalue weighted by atomic mass is 19.1. The van der Waals surface area contributed by atoms with Gasteiger partial charge in [0.1, 0.15) is 24.7 Å². The van der Waals surface area contributed by atoms with Gasteiger partial charge in [0.15, 0.2) is 13.1 Å². The van der Waals surface area contributed by atoms with Gasteiger partial charge in [0, 0.05) is 5.69 Å². The third kappa shape index (κ3) is 7.66. The molecule has 0 aromatic heterocycles. The van der Waals surface area contributed by atoms with Gasteiger partial charge >= 0.3 is 0 Å². The minimum absolute atomic E-state index is 0.0515. The molecule has 1 aliphatic heterocycles. The molecule has 0 radical (unpaired) electrons. The number of carbonyl (C=O) groups is 2. The second-order valence-corrected chi connectivity index (χ2v) is 7.91. The smallest absolute Gasteiger partial charge is 0.279 e. The summed E-state index contributed by atoms with van der Waals surface area (Å²) in [5.74, 6) is 0.281. The number of hydrogen-bond donors (Lipinski definition) is 3. The summed E-state index contributed by atoms with van der Waals surface area (Å²) in [7, 11) is 1.81. The van der Waals surface area contributed by atoms with Crippen molar-refractivity contribution in [3.63, 3.8) is 0 Å². The van der Waals surface area contributed by atoms with E-state index in [4.69, 9.17) is 4.74 Å². The third-order valence-electron chi connectivity index (χ3n) is 5.31. The quantitative estimate of drug-likeness (QED) is 0.482. The minimum Gasteiger partial charge on any atom is -0.488 e. The van der Waals surface area contributed by atoms with Crippen molar-refractivity contribution < 1.29 is 28.5 Å². The second-order valence-electron chi connectivity index (χ2n) is 7.91. The number of amides is 2. The molecule has 8 heteroatoms. The molecule has 31 heavy (non-hydrogen) atoms. The summed E-state index contributed by atoms with van der Waals surface area (Å²) in [6.45, 7) is 5.16. The fraction of sp³-hybridized carbons (Fsp3) is 0.391. The number of nitrogens with one attached hydrogen (secondary N) is 3. The number of carbonyl (C=O) groups excluding carboxylic acids is 2. The highest BCUT2D eigenvalue weighted by molar-refractivity contribution is 5.91.